The Labute approximate surface area is 125 Å². The lowest BCUT2D eigenvalue weighted by Crippen LogP contribution is -2.25. The number of rotatable bonds is 7. The van der Waals surface area contributed by atoms with E-state index in [-0.39, 0.29) is 25.2 Å². The Morgan fingerprint density at radius 3 is 2.57 bits per heavy atom. The van der Waals surface area contributed by atoms with E-state index < -0.39 is 5.91 Å². The lowest BCUT2D eigenvalue weighted by atomic mass is 9.89. The predicted octanol–water partition coefficient (Wildman–Crippen LogP) is 1.68. The molecule has 1 rings (SSSR count). The van der Waals surface area contributed by atoms with Gasteiger partial charge in [-0.1, -0.05) is 19.3 Å². The molecule has 1 aliphatic rings. The van der Waals surface area contributed by atoms with Crippen molar-refractivity contribution in [3.63, 3.8) is 0 Å². The van der Waals surface area contributed by atoms with Gasteiger partial charge >= 0.3 is 5.97 Å². The summed E-state index contributed by atoms with van der Waals surface area (Å²) in [6.07, 6.45) is 8.22. The summed E-state index contributed by atoms with van der Waals surface area (Å²) in [4.78, 5) is 27.7. The molecule has 0 bridgehead atoms. The van der Waals surface area contributed by atoms with Crippen molar-refractivity contribution >= 4 is 11.9 Å². The molecular formula is C14H24N2O5. The molecular weight excluding hydrogens is 276 g/mol. The average Bonchev–Trinajstić information content (AvgIpc) is 2.47. The number of amides is 1. The van der Waals surface area contributed by atoms with Gasteiger partial charge in [0, 0.05) is 20.2 Å². The molecule has 0 aromatic carbocycles. The maximum atomic E-state index is 11.7. The van der Waals surface area contributed by atoms with Crippen molar-refractivity contribution in [3.05, 3.63) is 12.3 Å². The second kappa shape index (κ2) is 9.36. The first-order valence-electron chi connectivity index (χ1n) is 7.16. The van der Waals surface area contributed by atoms with Crippen molar-refractivity contribution in [2.75, 3.05) is 20.4 Å². The van der Waals surface area contributed by atoms with Crippen LogP contribution in [-0.4, -0.2) is 47.6 Å². The van der Waals surface area contributed by atoms with Crippen molar-refractivity contribution in [1.29, 1.82) is 0 Å². The van der Waals surface area contributed by atoms with Crippen LogP contribution in [0.1, 0.15) is 39.0 Å². The largest absolute Gasteiger partial charge is 0.436 e. The van der Waals surface area contributed by atoms with Gasteiger partial charge in [0.1, 0.15) is 0 Å². The third-order valence-electron chi connectivity index (χ3n) is 3.35. The minimum atomic E-state index is -0.440. The van der Waals surface area contributed by atoms with Crippen LogP contribution in [-0.2, 0) is 19.2 Å². The summed E-state index contributed by atoms with van der Waals surface area (Å²) in [6.45, 7) is 1.18. The van der Waals surface area contributed by atoms with Crippen molar-refractivity contribution in [1.82, 2.24) is 10.1 Å². The highest BCUT2D eigenvalue weighted by molar-refractivity contribution is 5.72. The van der Waals surface area contributed by atoms with E-state index in [2.05, 4.69) is 0 Å². The van der Waals surface area contributed by atoms with Crippen LogP contribution in [0.5, 0.6) is 0 Å². The van der Waals surface area contributed by atoms with Crippen LogP contribution in [0.25, 0.3) is 0 Å². The van der Waals surface area contributed by atoms with Gasteiger partial charge in [0.25, 0.3) is 0 Å². The molecule has 7 nitrogen and oxygen atoms in total. The van der Waals surface area contributed by atoms with Crippen molar-refractivity contribution in [2.24, 2.45) is 5.92 Å². The van der Waals surface area contributed by atoms with E-state index in [9.17, 15) is 9.59 Å². The molecule has 1 amide bonds. The van der Waals surface area contributed by atoms with E-state index in [1.54, 1.807) is 13.1 Å². The van der Waals surface area contributed by atoms with Crippen LogP contribution >= 0.6 is 0 Å². The first kappa shape index (κ1) is 17.5. The highest BCUT2D eigenvalue weighted by Gasteiger charge is 2.22. The molecule has 120 valence electrons. The summed E-state index contributed by atoms with van der Waals surface area (Å²) in [5.41, 5.74) is 0. The van der Waals surface area contributed by atoms with E-state index in [4.69, 9.17) is 14.8 Å². The molecule has 1 fully saturated rings. The molecule has 0 aromatic heterocycles. The minimum absolute atomic E-state index is 0.00159. The maximum Gasteiger partial charge on any atom is 0.311 e. The van der Waals surface area contributed by atoms with Gasteiger partial charge in [0.15, 0.2) is 0 Å². The smallest absolute Gasteiger partial charge is 0.311 e. The molecule has 1 aliphatic carbocycles. The van der Waals surface area contributed by atoms with Crippen molar-refractivity contribution in [3.8, 4) is 0 Å². The lowest BCUT2D eigenvalue weighted by molar-refractivity contribution is -0.199. The summed E-state index contributed by atoms with van der Waals surface area (Å²) >= 11 is 0. The van der Waals surface area contributed by atoms with Crippen LogP contribution in [0.3, 0.4) is 0 Å². The van der Waals surface area contributed by atoms with E-state index >= 15 is 0 Å². The van der Waals surface area contributed by atoms with Crippen LogP contribution in [0.15, 0.2) is 12.3 Å². The third kappa shape index (κ3) is 7.10. The quantitative estimate of drug-likeness (QED) is 0.333. The number of hydroxylamine groups is 4. The maximum absolute atomic E-state index is 11.7. The first-order chi connectivity index (χ1) is 10.0. The van der Waals surface area contributed by atoms with Gasteiger partial charge in [0.2, 0.25) is 12.7 Å². The molecule has 0 unspecified atom stereocenters. The van der Waals surface area contributed by atoms with Crippen LogP contribution in [0.4, 0.5) is 0 Å². The lowest BCUT2D eigenvalue weighted by Gasteiger charge is -2.20. The molecule has 1 N–H and O–H groups in total. The van der Waals surface area contributed by atoms with Crippen molar-refractivity contribution < 1.29 is 24.4 Å². The molecule has 0 aromatic rings. The normalized spacial score (nSPS) is 16.0. The number of hydrogen-bond acceptors (Lipinski definition) is 6. The number of hydrogen-bond donors (Lipinski definition) is 1. The second-order valence-corrected chi connectivity index (χ2v) is 5.08. The fourth-order valence-electron chi connectivity index (χ4n) is 2.09. The molecule has 0 spiro atoms. The molecule has 0 atom stereocenters. The van der Waals surface area contributed by atoms with Gasteiger partial charge in [-0.3, -0.25) is 19.9 Å². The summed E-state index contributed by atoms with van der Waals surface area (Å²) in [5, 5.41) is 11.1. The summed E-state index contributed by atoms with van der Waals surface area (Å²) < 4.78 is 5.07. The predicted molar refractivity (Wildman–Crippen MR) is 74.7 cm³/mol. The number of carbonyl (C=O) groups is 2. The van der Waals surface area contributed by atoms with Gasteiger partial charge in [-0.2, -0.15) is 0 Å². The van der Waals surface area contributed by atoms with E-state index in [0.717, 1.165) is 25.7 Å². The third-order valence-corrected chi connectivity index (χ3v) is 3.35. The Morgan fingerprint density at radius 1 is 1.29 bits per heavy atom. The molecule has 0 radical (unpaired) electrons. The zero-order valence-corrected chi connectivity index (χ0v) is 12.7. The standard InChI is InChI=1S/C14H24N2O5/c1-12(17)16(19)10-6-9-15(2)21-11-20-14(18)13-7-4-3-5-8-13/h6,9,13,19H,3-5,7-8,10-11H2,1-2H3/b9-6+. The SMILES string of the molecule is CC(=O)N(O)C/C=C/N(C)OCOC(=O)C1CCCCC1. The van der Waals surface area contributed by atoms with Crippen molar-refractivity contribution in [2.45, 2.75) is 39.0 Å². The highest BCUT2D eigenvalue weighted by Crippen LogP contribution is 2.24. The molecule has 1 saturated carbocycles. The van der Waals surface area contributed by atoms with Crippen LogP contribution < -0.4 is 0 Å². The molecule has 0 heterocycles. The Hall–Kier alpha value is -1.60. The van der Waals surface area contributed by atoms with Gasteiger partial charge in [-0.15, -0.1) is 0 Å². The number of esters is 1. The summed E-state index contributed by atoms with van der Waals surface area (Å²) in [6, 6.07) is 0. The van der Waals surface area contributed by atoms with E-state index in [0.29, 0.717) is 5.06 Å². The second-order valence-electron chi connectivity index (χ2n) is 5.08. The van der Waals surface area contributed by atoms with Gasteiger partial charge in [0.05, 0.1) is 12.5 Å². The Bertz CT molecular complexity index is 366. The average molecular weight is 300 g/mol. The zero-order chi connectivity index (χ0) is 15.7. The Kier molecular flexibility index (Phi) is 7.78. The fourth-order valence-corrected chi connectivity index (χ4v) is 2.09. The number of ether oxygens (including phenoxy) is 1. The van der Waals surface area contributed by atoms with E-state index in [1.807, 2.05) is 0 Å². The number of nitrogens with zero attached hydrogens (tertiary/aromatic N) is 2. The molecule has 21 heavy (non-hydrogen) atoms. The Balaban J connectivity index is 2.14. The van der Waals surface area contributed by atoms with Crippen LogP contribution in [0, 0.1) is 5.92 Å². The van der Waals surface area contributed by atoms with Crippen LogP contribution in [0.2, 0.25) is 0 Å². The van der Waals surface area contributed by atoms with Gasteiger partial charge in [-0.25, -0.2) is 9.90 Å². The Morgan fingerprint density at radius 2 is 1.95 bits per heavy atom. The molecule has 0 aliphatic heterocycles. The van der Waals surface area contributed by atoms with E-state index in [1.165, 1.54) is 24.6 Å². The first-order valence-corrected chi connectivity index (χ1v) is 7.16. The van der Waals surface area contributed by atoms with Gasteiger partial charge in [-0.05, 0) is 18.9 Å². The zero-order valence-electron chi connectivity index (χ0n) is 12.7. The molecule has 7 heteroatoms. The fraction of sp³-hybridized carbons (Fsp3) is 0.714. The topological polar surface area (TPSA) is 79.3 Å². The summed E-state index contributed by atoms with van der Waals surface area (Å²) in [5.74, 6) is -0.642. The highest BCUT2D eigenvalue weighted by atomic mass is 16.8. The summed E-state index contributed by atoms with van der Waals surface area (Å²) in [7, 11) is 1.63. The number of carbonyl (C=O) groups excluding carboxylic acids is 2. The molecule has 0 saturated heterocycles. The monoisotopic (exact) mass is 300 g/mol. The van der Waals surface area contributed by atoms with Gasteiger partial charge < -0.3 is 4.74 Å². The minimum Gasteiger partial charge on any atom is -0.436 e.